The number of hydrogen-bond acceptors (Lipinski definition) is 2. The van der Waals surface area contributed by atoms with Crippen LogP contribution in [0.3, 0.4) is 0 Å². The lowest BCUT2D eigenvalue weighted by Gasteiger charge is -2.32. The van der Waals surface area contributed by atoms with Crippen LogP contribution < -0.4 is 0 Å². The van der Waals surface area contributed by atoms with Crippen LogP contribution in [0.5, 0.6) is 0 Å². The highest BCUT2D eigenvalue weighted by molar-refractivity contribution is 5.14. The fourth-order valence-electron chi connectivity index (χ4n) is 2.94. The van der Waals surface area contributed by atoms with Gasteiger partial charge >= 0.3 is 0 Å². The first kappa shape index (κ1) is 14.9. The van der Waals surface area contributed by atoms with Crippen LogP contribution >= 0.6 is 0 Å². The van der Waals surface area contributed by atoms with Gasteiger partial charge in [-0.05, 0) is 49.4 Å². The van der Waals surface area contributed by atoms with Gasteiger partial charge in [-0.2, -0.15) is 0 Å². The van der Waals surface area contributed by atoms with Crippen molar-refractivity contribution in [1.82, 2.24) is 4.90 Å². The molecule has 1 heterocycles. The molecule has 0 spiro atoms. The highest BCUT2D eigenvalue weighted by Gasteiger charge is 2.18. The SMILES string of the molecule is [N-]=[N+]=NCCCCC1CCN(Cc2ccccc2)CC1. The molecule has 1 aromatic carbocycles. The van der Waals surface area contributed by atoms with Crippen molar-refractivity contribution in [2.45, 2.75) is 38.6 Å². The van der Waals surface area contributed by atoms with E-state index in [1.54, 1.807) is 0 Å². The Morgan fingerprint density at radius 2 is 1.90 bits per heavy atom. The summed E-state index contributed by atoms with van der Waals surface area (Å²) in [6.07, 6.45) is 6.15. The Bertz CT molecular complexity index is 417. The number of rotatable bonds is 7. The molecule has 0 saturated carbocycles. The van der Waals surface area contributed by atoms with Crippen LogP contribution in [0, 0.1) is 5.92 Å². The van der Waals surface area contributed by atoms with E-state index >= 15 is 0 Å². The summed E-state index contributed by atoms with van der Waals surface area (Å²) in [5.74, 6) is 0.869. The van der Waals surface area contributed by atoms with Gasteiger partial charge in [-0.15, -0.1) is 0 Å². The fourth-order valence-corrected chi connectivity index (χ4v) is 2.94. The topological polar surface area (TPSA) is 52.0 Å². The largest absolute Gasteiger partial charge is 0.299 e. The van der Waals surface area contributed by atoms with E-state index in [1.807, 2.05) is 0 Å². The highest BCUT2D eigenvalue weighted by atomic mass is 15.1. The summed E-state index contributed by atoms with van der Waals surface area (Å²) >= 11 is 0. The maximum Gasteiger partial charge on any atom is 0.0257 e. The monoisotopic (exact) mass is 272 g/mol. The van der Waals surface area contributed by atoms with Crippen molar-refractivity contribution >= 4 is 0 Å². The van der Waals surface area contributed by atoms with E-state index in [0.29, 0.717) is 6.54 Å². The standard InChI is InChI=1S/C16H24N4/c17-19-18-11-5-4-6-15-9-12-20(13-10-15)14-16-7-2-1-3-8-16/h1-3,7-8,15H,4-6,9-14H2. The summed E-state index contributed by atoms with van der Waals surface area (Å²) in [6.45, 7) is 4.18. The number of unbranched alkanes of at least 4 members (excludes halogenated alkanes) is 1. The van der Waals surface area contributed by atoms with Crippen molar-refractivity contribution in [3.8, 4) is 0 Å². The van der Waals surface area contributed by atoms with Crippen LogP contribution in [0.1, 0.15) is 37.7 Å². The minimum Gasteiger partial charge on any atom is -0.299 e. The lowest BCUT2D eigenvalue weighted by Crippen LogP contribution is -2.33. The first-order chi connectivity index (χ1) is 9.88. The summed E-state index contributed by atoms with van der Waals surface area (Å²) < 4.78 is 0. The van der Waals surface area contributed by atoms with Gasteiger partial charge in [0.05, 0.1) is 0 Å². The van der Waals surface area contributed by atoms with E-state index in [2.05, 4.69) is 45.3 Å². The fraction of sp³-hybridized carbons (Fsp3) is 0.625. The Kier molecular flexibility index (Phi) is 6.42. The number of azide groups is 1. The lowest BCUT2D eigenvalue weighted by atomic mass is 9.91. The molecule has 0 N–H and O–H groups in total. The number of piperidine rings is 1. The predicted molar refractivity (Wildman–Crippen MR) is 82.3 cm³/mol. The Morgan fingerprint density at radius 3 is 2.60 bits per heavy atom. The molecular weight excluding hydrogens is 248 g/mol. The summed E-state index contributed by atoms with van der Waals surface area (Å²) in [7, 11) is 0. The zero-order valence-electron chi connectivity index (χ0n) is 12.1. The maximum atomic E-state index is 8.22. The zero-order chi connectivity index (χ0) is 14.0. The molecule has 0 unspecified atom stereocenters. The molecule has 0 atom stereocenters. The Hall–Kier alpha value is -1.51. The summed E-state index contributed by atoms with van der Waals surface area (Å²) in [5.41, 5.74) is 9.63. The summed E-state index contributed by atoms with van der Waals surface area (Å²) in [4.78, 5) is 5.35. The third-order valence-electron chi connectivity index (χ3n) is 4.14. The van der Waals surface area contributed by atoms with Crippen LogP contribution in [0.2, 0.25) is 0 Å². The molecule has 0 amide bonds. The van der Waals surface area contributed by atoms with E-state index in [-0.39, 0.29) is 0 Å². The smallest absolute Gasteiger partial charge is 0.0257 e. The van der Waals surface area contributed by atoms with E-state index in [1.165, 1.54) is 44.3 Å². The molecule has 0 bridgehead atoms. The van der Waals surface area contributed by atoms with Crippen LogP contribution in [0.4, 0.5) is 0 Å². The van der Waals surface area contributed by atoms with Gasteiger partial charge in [-0.3, -0.25) is 4.90 Å². The number of likely N-dealkylation sites (tertiary alicyclic amines) is 1. The van der Waals surface area contributed by atoms with Crippen molar-refractivity contribution in [3.05, 3.63) is 46.3 Å². The second kappa shape index (κ2) is 8.62. The molecule has 2 rings (SSSR count). The molecule has 0 aromatic heterocycles. The summed E-state index contributed by atoms with van der Waals surface area (Å²) in [6, 6.07) is 10.7. The maximum absolute atomic E-state index is 8.22. The van der Waals surface area contributed by atoms with Crippen LogP contribution in [0.15, 0.2) is 35.4 Å². The lowest BCUT2D eigenvalue weighted by molar-refractivity contribution is 0.170. The van der Waals surface area contributed by atoms with Crippen molar-refractivity contribution in [1.29, 1.82) is 0 Å². The first-order valence-electron chi connectivity index (χ1n) is 7.65. The quantitative estimate of drug-likeness (QED) is 0.314. The third-order valence-corrected chi connectivity index (χ3v) is 4.14. The average Bonchev–Trinajstić information content (AvgIpc) is 2.50. The highest BCUT2D eigenvalue weighted by Crippen LogP contribution is 2.23. The van der Waals surface area contributed by atoms with Gasteiger partial charge in [0, 0.05) is 18.0 Å². The molecule has 0 aliphatic carbocycles. The van der Waals surface area contributed by atoms with Crippen molar-refractivity contribution < 1.29 is 0 Å². The minimum absolute atomic E-state index is 0.656. The van der Waals surface area contributed by atoms with E-state index in [4.69, 9.17) is 5.53 Å². The van der Waals surface area contributed by atoms with Gasteiger partial charge in [0.25, 0.3) is 0 Å². The molecule has 1 aromatic rings. The minimum atomic E-state index is 0.656. The van der Waals surface area contributed by atoms with Crippen molar-refractivity contribution in [2.75, 3.05) is 19.6 Å². The Labute approximate surface area is 121 Å². The van der Waals surface area contributed by atoms with Gasteiger partial charge < -0.3 is 0 Å². The number of nitrogens with zero attached hydrogens (tertiary/aromatic N) is 4. The Balaban J connectivity index is 1.61. The van der Waals surface area contributed by atoms with Crippen LogP contribution in [-0.2, 0) is 6.54 Å². The second-order valence-corrected chi connectivity index (χ2v) is 5.66. The normalized spacial score (nSPS) is 16.8. The van der Waals surface area contributed by atoms with Gasteiger partial charge in [0.15, 0.2) is 0 Å². The molecule has 108 valence electrons. The summed E-state index contributed by atoms with van der Waals surface area (Å²) in [5, 5.41) is 3.59. The van der Waals surface area contributed by atoms with E-state index in [0.717, 1.165) is 18.9 Å². The third kappa shape index (κ3) is 5.24. The first-order valence-corrected chi connectivity index (χ1v) is 7.65. The number of benzene rings is 1. The molecule has 1 aliphatic rings. The van der Waals surface area contributed by atoms with Gasteiger partial charge in [0.2, 0.25) is 0 Å². The van der Waals surface area contributed by atoms with E-state index in [9.17, 15) is 0 Å². The van der Waals surface area contributed by atoms with Crippen molar-refractivity contribution in [3.63, 3.8) is 0 Å². The molecule has 4 heteroatoms. The van der Waals surface area contributed by atoms with Crippen LogP contribution in [-0.4, -0.2) is 24.5 Å². The molecule has 0 radical (unpaired) electrons. The molecule has 20 heavy (non-hydrogen) atoms. The van der Waals surface area contributed by atoms with E-state index < -0.39 is 0 Å². The average molecular weight is 272 g/mol. The Morgan fingerprint density at radius 1 is 1.15 bits per heavy atom. The second-order valence-electron chi connectivity index (χ2n) is 5.66. The van der Waals surface area contributed by atoms with Crippen LogP contribution in [0.25, 0.3) is 10.4 Å². The van der Waals surface area contributed by atoms with Crippen molar-refractivity contribution in [2.24, 2.45) is 11.0 Å². The molecular formula is C16H24N4. The predicted octanol–water partition coefficient (Wildman–Crippen LogP) is 4.38. The molecule has 1 saturated heterocycles. The molecule has 1 aliphatic heterocycles. The molecule has 1 fully saturated rings. The molecule has 4 nitrogen and oxygen atoms in total. The van der Waals surface area contributed by atoms with Gasteiger partial charge in [-0.25, -0.2) is 0 Å². The number of hydrogen-bond donors (Lipinski definition) is 0. The van der Waals surface area contributed by atoms with Gasteiger partial charge in [-0.1, -0.05) is 48.3 Å². The zero-order valence-corrected chi connectivity index (χ0v) is 12.1. The van der Waals surface area contributed by atoms with Gasteiger partial charge in [0.1, 0.15) is 0 Å².